The minimum atomic E-state index is -0.0345. The molecule has 80 valence electrons. The molecule has 0 aliphatic heterocycles. The van der Waals surface area contributed by atoms with Gasteiger partial charge in [0.05, 0.1) is 6.21 Å². The molecule has 0 spiro atoms. The lowest BCUT2D eigenvalue weighted by Gasteiger charge is -2.04. The van der Waals surface area contributed by atoms with Crippen LogP contribution < -0.4 is 11.5 Å². The first-order valence-electron chi connectivity index (χ1n) is 4.70. The average Bonchev–Trinajstić information content (AvgIpc) is 2.13. The van der Waals surface area contributed by atoms with Crippen LogP contribution in [0.15, 0.2) is 22.3 Å². The van der Waals surface area contributed by atoms with Crippen LogP contribution in [-0.4, -0.2) is 12.2 Å². The molecule has 0 aliphatic carbocycles. The molecule has 0 saturated heterocycles. The van der Waals surface area contributed by atoms with Crippen molar-refractivity contribution in [1.29, 1.82) is 0 Å². The van der Waals surface area contributed by atoms with E-state index in [9.17, 15) is 0 Å². The second-order valence-electron chi connectivity index (χ2n) is 3.56. The number of hydrogen-bond donors (Lipinski definition) is 2. The molecule has 0 saturated carbocycles. The molecule has 1 aromatic carbocycles. The Morgan fingerprint density at radius 3 is 2.27 bits per heavy atom. The largest absolute Gasteiger partial charge is 0.369 e. The lowest BCUT2D eigenvalue weighted by molar-refractivity contribution is 1.21. The Labute approximate surface area is 89.7 Å². The van der Waals surface area contributed by atoms with Crippen molar-refractivity contribution in [3.05, 3.63) is 34.4 Å². The van der Waals surface area contributed by atoms with Gasteiger partial charge in [-0.25, -0.2) is 0 Å². The van der Waals surface area contributed by atoms with Gasteiger partial charge in [0.15, 0.2) is 0 Å². The van der Waals surface area contributed by atoms with Gasteiger partial charge in [-0.2, -0.15) is 5.10 Å². The third kappa shape index (κ3) is 3.09. The van der Waals surface area contributed by atoms with Crippen molar-refractivity contribution in [2.75, 3.05) is 0 Å². The highest BCUT2D eigenvalue weighted by Crippen LogP contribution is 2.13. The molecule has 4 nitrogen and oxygen atoms in total. The maximum absolute atomic E-state index is 5.16. The molecule has 15 heavy (non-hydrogen) atoms. The maximum Gasteiger partial charge on any atom is 0.211 e. The lowest BCUT2D eigenvalue weighted by atomic mass is 10.0. The van der Waals surface area contributed by atoms with E-state index in [-0.39, 0.29) is 5.96 Å². The lowest BCUT2D eigenvalue weighted by Crippen LogP contribution is -2.21. The van der Waals surface area contributed by atoms with Crippen LogP contribution >= 0.6 is 0 Å². The van der Waals surface area contributed by atoms with Crippen molar-refractivity contribution in [3.8, 4) is 0 Å². The Morgan fingerprint density at radius 2 is 1.67 bits per heavy atom. The Morgan fingerprint density at radius 1 is 1.07 bits per heavy atom. The normalized spacial score (nSPS) is 10.6. The van der Waals surface area contributed by atoms with Gasteiger partial charge in [0, 0.05) is 0 Å². The third-order valence-corrected chi connectivity index (χ3v) is 2.25. The van der Waals surface area contributed by atoms with Gasteiger partial charge in [0.2, 0.25) is 5.96 Å². The zero-order valence-corrected chi connectivity index (χ0v) is 9.28. The van der Waals surface area contributed by atoms with Gasteiger partial charge >= 0.3 is 0 Å². The van der Waals surface area contributed by atoms with Crippen LogP contribution in [0.3, 0.4) is 0 Å². The third-order valence-electron chi connectivity index (χ3n) is 2.25. The van der Waals surface area contributed by atoms with E-state index in [0.29, 0.717) is 0 Å². The summed E-state index contributed by atoms with van der Waals surface area (Å²) in [5, 5.41) is 7.34. The fraction of sp³-hybridized carbons (Fsp3) is 0.273. The highest BCUT2D eigenvalue weighted by atomic mass is 15.3. The van der Waals surface area contributed by atoms with Gasteiger partial charge in [0.1, 0.15) is 0 Å². The molecule has 0 heterocycles. The maximum atomic E-state index is 5.16. The molecular formula is C11H16N4. The van der Waals surface area contributed by atoms with Crippen molar-refractivity contribution >= 4 is 12.2 Å². The van der Waals surface area contributed by atoms with E-state index in [1.165, 1.54) is 11.1 Å². The molecule has 0 radical (unpaired) electrons. The van der Waals surface area contributed by atoms with Crippen molar-refractivity contribution in [2.45, 2.75) is 20.8 Å². The van der Waals surface area contributed by atoms with Crippen LogP contribution in [0.2, 0.25) is 0 Å². The molecule has 0 bridgehead atoms. The summed E-state index contributed by atoms with van der Waals surface area (Å²) in [6.45, 7) is 6.18. The van der Waals surface area contributed by atoms with Crippen molar-refractivity contribution in [1.82, 2.24) is 0 Å². The number of aryl methyl sites for hydroxylation is 3. The minimum absolute atomic E-state index is 0.0345. The number of benzene rings is 1. The van der Waals surface area contributed by atoms with Crippen molar-refractivity contribution < 1.29 is 0 Å². The van der Waals surface area contributed by atoms with E-state index in [1.54, 1.807) is 6.21 Å². The molecule has 0 aliphatic rings. The monoisotopic (exact) mass is 204 g/mol. The summed E-state index contributed by atoms with van der Waals surface area (Å²) >= 11 is 0. The quantitative estimate of drug-likeness (QED) is 0.431. The summed E-state index contributed by atoms with van der Waals surface area (Å²) in [5.74, 6) is -0.0345. The Kier molecular flexibility index (Phi) is 3.44. The summed E-state index contributed by atoms with van der Waals surface area (Å²) in [7, 11) is 0. The SMILES string of the molecule is Cc1cc(C)c(/C=N/N=C(N)N)cc1C. The van der Waals surface area contributed by atoms with Crippen LogP contribution in [-0.2, 0) is 0 Å². The number of hydrogen-bond acceptors (Lipinski definition) is 2. The van der Waals surface area contributed by atoms with E-state index in [0.717, 1.165) is 11.1 Å². The van der Waals surface area contributed by atoms with E-state index >= 15 is 0 Å². The smallest absolute Gasteiger partial charge is 0.211 e. The van der Waals surface area contributed by atoms with Gasteiger partial charge in [-0.3, -0.25) is 0 Å². The standard InChI is InChI=1S/C11H16N4/c1-7-4-9(3)10(5-8(7)2)6-14-15-11(12)13/h4-6H,1-3H3,(H4,12,13,15)/b14-6+. The summed E-state index contributed by atoms with van der Waals surface area (Å²) in [6, 6.07) is 4.18. The zero-order chi connectivity index (χ0) is 11.4. The minimum Gasteiger partial charge on any atom is -0.369 e. The van der Waals surface area contributed by atoms with Gasteiger partial charge < -0.3 is 11.5 Å². The van der Waals surface area contributed by atoms with Gasteiger partial charge in [-0.1, -0.05) is 6.07 Å². The molecule has 1 aromatic rings. The first-order valence-corrected chi connectivity index (χ1v) is 4.70. The van der Waals surface area contributed by atoms with Crippen molar-refractivity contribution in [2.24, 2.45) is 21.7 Å². The second-order valence-corrected chi connectivity index (χ2v) is 3.56. The summed E-state index contributed by atoms with van der Waals surface area (Å²) in [4.78, 5) is 0. The summed E-state index contributed by atoms with van der Waals surface area (Å²) in [5.41, 5.74) is 15.0. The summed E-state index contributed by atoms with van der Waals surface area (Å²) in [6.07, 6.45) is 1.65. The molecule has 0 fully saturated rings. The second kappa shape index (κ2) is 4.59. The fourth-order valence-corrected chi connectivity index (χ4v) is 1.28. The van der Waals surface area contributed by atoms with Crippen LogP contribution in [0.25, 0.3) is 0 Å². The highest BCUT2D eigenvalue weighted by Gasteiger charge is 1.98. The van der Waals surface area contributed by atoms with E-state index in [2.05, 4.69) is 36.2 Å². The molecular weight excluding hydrogens is 188 g/mol. The number of nitrogens with zero attached hydrogens (tertiary/aromatic N) is 2. The number of guanidine groups is 1. The number of rotatable bonds is 2. The van der Waals surface area contributed by atoms with Gasteiger partial charge in [-0.05, 0) is 49.1 Å². The first kappa shape index (κ1) is 11.2. The topological polar surface area (TPSA) is 76.8 Å². The molecule has 0 aromatic heterocycles. The predicted octanol–water partition coefficient (Wildman–Crippen LogP) is 1.22. The molecule has 1 rings (SSSR count). The van der Waals surface area contributed by atoms with Gasteiger partial charge in [0.25, 0.3) is 0 Å². The molecule has 4 heteroatoms. The Balaban J connectivity index is 3.01. The van der Waals surface area contributed by atoms with Crippen LogP contribution in [0.5, 0.6) is 0 Å². The predicted molar refractivity (Wildman–Crippen MR) is 64.1 cm³/mol. The Hall–Kier alpha value is -1.84. The first-order chi connectivity index (χ1) is 7.00. The number of nitrogens with two attached hydrogens (primary N) is 2. The highest BCUT2D eigenvalue weighted by molar-refractivity contribution is 5.83. The van der Waals surface area contributed by atoms with Crippen LogP contribution in [0.1, 0.15) is 22.3 Å². The Bertz CT molecular complexity index is 415. The van der Waals surface area contributed by atoms with E-state index < -0.39 is 0 Å². The molecule has 0 unspecified atom stereocenters. The average molecular weight is 204 g/mol. The zero-order valence-electron chi connectivity index (χ0n) is 9.28. The van der Waals surface area contributed by atoms with Gasteiger partial charge in [-0.15, -0.1) is 5.10 Å². The molecule has 4 N–H and O–H groups in total. The van der Waals surface area contributed by atoms with Crippen molar-refractivity contribution in [3.63, 3.8) is 0 Å². The fourth-order valence-electron chi connectivity index (χ4n) is 1.28. The van der Waals surface area contributed by atoms with E-state index in [4.69, 9.17) is 11.5 Å². The van der Waals surface area contributed by atoms with Crippen LogP contribution in [0, 0.1) is 20.8 Å². The van der Waals surface area contributed by atoms with Crippen LogP contribution in [0.4, 0.5) is 0 Å². The summed E-state index contributed by atoms with van der Waals surface area (Å²) < 4.78 is 0. The van der Waals surface area contributed by atoms with E-state index in [1.807, 2.05) is 6.92 Å². The molecule has 0 amide bonds. The molecule has 0 atom stereocenters.